The molecule has 0 unspecified atom stereocenters. The monoisotopic (exact) mass is 247 g/mol. The van der Waals surface area contributed by atoms with E-state index >= 15 is 0 Å². The summed E-state index contributed by atoms with van der Waals surface area (Å²) in [6.45, 7) is 0. The molecule has 0 heterocycles. The minimum absolute atomic E-state index is 0.0665. The Hall–Kier alpha value is -2.07. The highest BCUT2D eigenvalue weighted by Gasteiger charge is 2.00. The number of anilines is 1. The molecule has 0 atom stereocenters. The van der Waals surface area contributed by atoms with E-state index in [0.29, 0.717) is 22.1 Å². The van der Waals surface area contributed by atoms with Crippen LogP contribution in [0.5, 0.6) is 5.75 Å². The molecule has 2 rings (SSSR count). The normalized spacial score (nSPS) is 10.9. The van der Waals surface area contributed by atoms with Crippen LogP contribution in [-0.4, -0.2) is 5.11 Å². The lowest BCUT2D eigenvalue weighted by atomic mass is 10.3. The maximum atomic E-state index is 9.50. The first-order valence-corrected chi connectivity index (χ1v) is 5.29. The summed E-state index contributed by atoms with van der Waals surface area (Å²) < 4.78 is 0. The summed E-state index contributed by atoms with van der Waals surface area (Å²) in [4.78, 5) is 0. The van der Waals surface area contributed by atoms with Crippen LogP contribution in [0.25, 0.3) is 0 Å². The van der Waals surface area contributed by atoms with Crippen molar-refractivity contribution in [3.63, 3.8) is 0 Å². The van der Waals surface area contributed by atoms with E-state index in [1.54, 1.807) is 36.4 Å². The number of nitrogen functional groups attached to an aromatic ring is 1. The van der Waals surface area contributed by atoms with Gasteiger partial charge in [-0.3, -0.25) is 0 Å². The van der Waals surface area contributed by atoms with Crippen molar-refractivity contribution < 1.29 is 5.11 Å². The molecule has 2 aromatic rings. The van der Waals surface area contributed by atoms with Crippen molar-refractivity contribution in [3.8, 4) is 5.75 Å². The third-order valence-corrected chi connectivity index (χ3v) is 2.37. The standard InChI is InChI=1S/C12H10ClN3O/c13-8-5-6-9(14)11(7-8)16-15-10-3-1-2-4-12(10)17/h1-7,17H,14H2. The first-order chi connectivity index (χ1) is 8.16. The van der Waals surface area contributed by atoms with Gasteiger partial charge in [0.2, 0.25) is 0 Å². The number of phenolic OH excluding ortho intramolecular Hbond substituents is 1. The zero-order valence-electron chi connectivity index (χ0n) is 8.84. The van der Waals surface area contributed by atoms with Gasteiger partial charge in [-0.2, -0.15) is 0 Å². The average Bonchev–Trinajstić information content (AvgIpc) is 2.32. The van der Waals surface area contributed by atoms with Crippen molar-refractivity contribution in [2.24, 2.45) is 10.2 Å². The smallest absolute Gasteiger partial charge is 0.143 e. The van der Waals surface area contributed by atoms with Gasteiger partial charge in [-0.15, -0.1) is 10.2 Å². The average molecular weight is 248 g/mol. The summed E-state index contributed by atoms with van der Waals surface area (Å²) in [5, 5.41) is 17.9. The van der Waals surface area contributed by atoms with Gasteiger partial charge < -0.3 is 10.8 Å². The quantitative estimate of drug-likeness (QED) is 0.621. The second kappa shape index (κ2) is 4.84. The molecule has 0 aliphatic rings. The number of aromatic hydroxyl groups is 1. The fraction of sp³-hybridized carbons (Fsp3) is 0. The van der Waals surface area contributed by atoms with E-state index < -0.39 is 0 Å². The van der Waals surface area contributed by atoms with E-state index in [1.165, 1.54) is 6.07 Å². The van der Waals surface area contributed by atoms with Crippen molar-refractivity contribution in [2.45, 2.75) is 0 Å². The number of nitrogens with zero attached hydrogens (tertiary/aromatic N) is 2. The minimum Gasteiger partial charge on any atom is -0.506 e. The summed E-state index contributed by atoms with van der Waals surface area (Å²) in [7, 11) is 0. The number of hydrogen-bond donors (Lipinski definition) is 2. The maximum absolute atomic E-state index is 9.50. The Bertz CT molecular complexity index is 569. The minimum atomic E-state index is 0.0665. The van der Waals surface area contributed by atoms with Crippen molar-refractivity contribution >= 4 is 28.7 Å². The molecule has 0 aliphatic carbocycles. The van der Waals surface area contributed by atoms with Gasteiger partial charge >= 0.3 is 0 Å². The van der Waals surface area contributed by atoms with Crippen LogP contribution < -0.4 is 5.73 Å². The van der Waals surface area contributed by atoms with Crippen molar-refractivity contribution in [2.75, 3.05) is 5.73 Å². The summed E-state index contributed by atoms with van der Waals surface area (Å²) in [6, 6.07) is 11.6. The topological polar surface area (TPSA) is 71.0 Å². The van der Waals surface area contributed by atoms with Gasteiger partial charge in [-0.05, 0) is 30.3 Å². The second-order valence-electron chi connectivity index (χ2n) is 3.39. The van der Waals surface area contributed by atoms with Crippen LogP contribution in [0.1, 0.15) is 0 Å². The van der Waals surface area contributed by atoms with Crippen LogP contribution in [0, 0.1) is 0 Å². The first-order valence-electron chi connectivity index (χ1n) is 4.91. The number of phenols is 1. The summed E-state index contributed by atoms with van der Waals surface area (Å²) in [6.07, 6.45) is 0. The van der Waals surface area contributed by atoms with Crippen molar-refractivity contribution in [3.05, 3.63) is 47.5 Å². The predicted molar refractivity (Wildman–Crippen MR) is 68.1 cm³/mol. The van der Waals surface area contributed by atoms with Gasteiger partial charge in [0, 0.05) is 5.02 Å². The molecular formula is C12H10ClN3O. The first kappa shape index (κ1) is 11.4. The van der Waals surface area contributed by atoms with Crippen LogP contribution >= 0.6 is 11.6 Å². The van der Waals surface area contributed by atoms with Gasteiger partial charge in [-0.25, -0.2) is 0 Å². The van der Waals surface area contributed by atoms with E-state index in [-0.39, 0.29) is 5.75 Å². The molecule has 86 valence electrons. The van der Waals surface area contributed by atoms with Gasteiger partial charge in [0.15, 0.2) is 0 Å². The number of benzene rings is 2. The third-order valence-electron chi connectivity index (χ3n) is 2.14. The molecule has 0 saturated carbocycles. The molecule has 3 N–H and O–H groups in total. The second-order valence-corrected chi connectivity index (χ2v) is 3.83. The lowest BCUT2D eigenvalue weighted by molar-refractivity contribution is 0.476. The van der Waals surface area contributed by atoms with Gasteiger partial charge in [0.25, 0.3) is 0 Å². The summed E-state index contributed by atoms with van der Waals surface area (Å²) in [5.41, 5.74) is 7.05. The zero-order chi connectivity index (χ0) is 12.3. The summed E-state index contributed by atoms with van der Waals surface area (Å²) in [5.74, 6) is 0.0665. The van der Waals surface area contributed by atoms with E-state index in [1.807, 2.05) is 0 Å². The van der Waals surface area contributed by atoms with Crippen LogP contribution in [0.2, 0.25) is 5.02 Å². The molecule has 17 heavy (non-hydrogen) atoms. The van der Waals surface area contributed by atoms with E-state index in [0.717, 1.165) is 0 Å². The molecule has 0 fully saturated rings. The molecule has 0 saturated heterocycles. The van der Waals surface area contributed by atoms with Crippen LogP contribution in [0.15, 0.2) is 52.7 Å². The number of para-hydroxylation sites is 1. The highest BCUT2D eigenvalue weighted by Crippen LogP contribution is 2.30. The molecular weight excluding hydrogens is 238 g/mol. The largest absolute Gasteiger partial charge is 0.506 e. The Labute approximate surface area is 103 Å². The molecule has 0 aromatic heterocycles. The van der Waals surface area contributed by atoms with Crippen LogP contribution in [-0.2, 0) is 0 Å². The number of halogens is 1. The molecule has 0 aliphatic heterocycles. The Morgan fingerprint density at radius 1 is 1.00 bits per heavy atom. The fourth-order valence-corrected chi connectivity index (χ4v) is 1.43. The molecule has 0 amide bonds. The highest BCUT2D eigenvalue weighted by molar-refractivity contribution is 6.31. The van der Waals surface area contributed by atoms with Gasteiger partial charge in [0.1, 0.15) is 17.1 Å². The van der Waals surface area contributed by atoms with Crippen molar-refractivity contribution in [1.82, 2.24) is 0 Å². The molecule has 5 heteroatoms. The Morgan fingerprint density at radius 2 is 1.71 bits per heavy atom. The van der Waals surface area contributed by atoms with Crippen LogP contribution in [0.4, 0.5) is 17.1 Å². The molecule has 0 spiro atoms. The van der Waals surface area contributed by atoms with E-state index in [9.17, 15) is 5.11 Å². The molecule has 0 bridgehead atoms. The van der Waals surface area contributed by atoms with Gasteiger partial charge in [0.05, 0.1) is 5.69 Å². The summed E-state index contributed by atoms with van der Waals surface area (Å²) >= 11 is 5.82. The van der Waals surface area contributed by atoms with E-state index in [4.69, 9.17) is 17.3 Å². The molecule has 4 nitrogen and oxygen atoms in total. The number of azo groups is 1. The number of rotatable bonds is 2. The SMILES string of the molecule is Nc1ccc(Cl)cc1N=Nc1ccccc1O. The third kappa shape index (κ3) is 2.73. The lowest BCUT2D eigenvalue weighted by Crippen LogP contribution is -1.83. The lowest BCUT2D eigenvalue weighted by Gasteiger charge is -2.00. The fourth-order valence-electron chi connectivity index (χ4n) is 1.26. The number of hydrogen-bond acceptors (Lipinski definition) is 4. The molecule has 0 radical (unpaired) electrons. The Kier molecular flexibility index (Phi) is 3.25. The Balaban J connectivity index is 2.32. The highest BCUT2D eigenvalue weighted by atomic mass is 35.5. The zero-order valence-corrected chi connectivity index (χ0v) is 9.59. The number of nitrogens with two attached hydrogens (primary N) is 1. The Morgan fingerprint density at radius 3 is 2.47 bits per heavy atom. The van der Waals surface area contributed by atoms with E-state index in [2.05, 4.69) is 10.2 Å². The van der Waals surface area contributed by atoms with Crippen molar-refractivity contribution in [1.29, 1.82) is 0 Å². The predicted octanol–water partition coefficient (Wildman–Crippen LogP) is 4.04. The molecule has 2 aromatic carbocycles. The maximum Gasteiger partial charge on any atom is 0.143 e. The van der Waals surface area contributed by atoms with Crippen LogP contribution in [0.3, 0.4) is 0 Å². The van der Waals surface area contributed by atoms with Gasteiger partial charge in [-0.1, -0.05) is 23.7 Å².